The van der Waals surface area contributed by atoms with Crippen molar-refractivity contribution in [2.24, 2.45) is 0 Å². The number of imidazole rings is 1. The normalized spacial score (nSPS) is 10.9. The average molecular weight is 265 g/mol. The van der Waals surface area contributed by atoms with Gasteiger partial charge in [-0.1, -0.05) is 23.8 Å². The van der Waals surface area contributed by atoms with Gasteiger partial charge in [0.15, 0.2) is 12.1 Å². The van der Waals surface area contributed by atoms with Crippen molar-refractivity contribution < 1.29 is 4.79 Å². The molecule has 20 heavy (non-hydrogen) atoms. The summed E-state index contributed by atoms with van der Waals surface area (Å²) in [7, 11) is 0. The number of hydrogen-bond acceptors (Lipinski definition) is 3. The summed E-state index contributed by atoms with van der Waals surface area (Å²) in [5.41, 5.74) is 11.4. The fourth-order valence-corrected chi connectivity index (χ4v) is 2.40. The van der Waals surface area contributed by atoms with Crippen LogP contribution >= 0.6 is 0 Å². The van der Waals surface area contributed by atoms with Crippen molar-refractivity contribution in [3.05, 3.63) is 53.3 Å². The Labute approximate surface area is 116 Å². The topological polar surface area (TPSA) is 60.4 Å². The van der Waals surface area contributed by atoms with Gasteiger partial charge in [-0.2, -0.15) is 0 Å². The highest BCUT2D eigenvalue weighted by molar-refractivity contribution is 5.82. The molecule has 0 aliphatic carbocycles. The lowest BCUT2D eigenvalue weighted by molar-refractivity contribution is 0.111. The molecule has 0 atom stereocenters. The van der Waals surface area contributed by atoms with E-state index < -0.39 is 0 Å². The summed E-state index contributed by atoms with van der Waals surface area (Å²) in [5.74, 6) is 0.262. The molecule has 0 radical (unpaired) electrons. The Morgan fingerprint density at radius 1 is 1.20 bits per heavy atom. The fraction of sp³-hybridized carbons (Fsp3) is 0.125. The molecule has 0 fully saturated rings. The van der Waals surface area contributed by atoms with E-state index in [1.54, 1.807) is 4.40 Å². The molecule has 3 aromatic rings. The number of nitrogens with zero attached hydrogens (tertiary/aromatic N) is 2. The van der Waals surface area contributed by atoms with Crippen molar-refractivity contribution in [3.8, 4) is 11.1 Å². The number of anilines is 1. The summed E-state index contributed by atoms with van der Waals surface area (Å²) in [5, 5.41) is 0. The molecule has 2 N–H and O–H groups in total. The molecule has 0 amide bonds. The zero-order chi connectivity index (χ0) is 14.3. The monoisotopic (exact) mass is 265 g/mol. The second-order valence-electron chi connectivity index (χ2n) is 4.96. The van der Waals surface area contributed by atoms with Crippen molar-refractivity contribution in [1.29, 1.82) is 0 Å². The van der Waals surface area contributed by atoms with Crippen molar-refractivity contribution in [2.75, 3.05) is 5.73 Å². The Morgan fingerprint density at radius 2 is 2.00 bits per heavy atom. The van der Waals surface area contributed by atoms with E-state index in [1.165, 1.54) is 11.1 Å². The lowest BCUT2D eigenvalue weighted by Crippen LogP contribution is -1.95. The summed E-state index contributed by atoms with van der Waals surface area (Å²) in [6, 6.07) is 10.2. The number of nitrogen functional groups attached to an aromatic ring is 1. The summed E-state index contributed by atoms with van der Waals surface area (Å²) in [4.78, 5) is 15.3. The lowest BCUT2D eigenvalue weighted by atomic mass is 10.00. The molecule has 2 heterocycles. The zero-order valence-corrected chi connectivity index (χ0v) is 11.4. The number of rotatable bonds is 2. The molecule has 0 aliphatic heterocycles. The lowest BCUT2D eigenvalue weighted by Gasteiger charge is -2.08. The van der Waals surface area contributed by atoms with Crippen LogP contribution in [0.3, 0.4) is 0 Å². The first-order chi connectivity index (χ1) is 9.60. The predicted octanol–water partition coefficient (Wildman–Crippen LogP) is 3.01. The van der Waals surface area contributed by atoms with E-state index in [1.807, 2.05) is 18.3 Å². The maximum absolute atomic E-state index is 11.1. The quantitative estimate of drug-likeness (QED) is 0.724. The van der Waals surface area contributed by atoms with Crippen LogP contribution in [-0.4, -0.2) is 15.7 Å². The molecule has 0 aliphatic rings. The third-order valence-corrected chi connectivity index (χ3v) is 3.50. The molecular formula is C16H15N3O. The van der Waals surface area contributed by atoms with E-state index >= 15 is 0 Å². The van der Waals surface area contributed by atoms with E-state index in [2.05, 4.69) is 37.0 Å². The number of aryl methyl sites for hydroxylation is 2. The van der Waals surface area contributed by atoms with Gasteiger partial charge in [0.25, 0.3) is 0 Å². The van der Waals surface area contributed by atoms with Gasteiger partial charge in [-0.3, -0.25) is 9.20 Å². The van der Waals surface area contributed by atoms with Crippen LogP contribution < -0.4 is 5.73 Å². The van der Waals surface area contributed by atoms with Crippen LogP contribution in [0.25, 0.3) is 16.8 Å². The summed E-state index contributed by atoms with van der Waals surface area (Å²) in [6.45, 7) is 4.13. The minimum Gasteiger partial charge on any atom is -0.382 e. The maximum atomic E-state index is 11.1. The van der Waals surface area contributed by atoms with Crippen LogP contribution in [0, 0.1) is 13.8 Å². The standard InChI is InChI=1S/C16H15N3O/c1-10-3-4-11(2)13(7-10)12-5-6-15-18-16(17)14(9-20)19(15)8-12/h3-9H,17H2,1-2H3. The van der Waals surface area contributed by atoms with Crippen molar-refractivity contribution in [1.82, 2.24) is 9.38 Å². The molecule has 0 saturated carbocycles. The Balaban J connectivity index is 2.27. The Kier molecular flexibility index (Phi) is 2.79. The molecule has 1 aromatic carbocycles. The molecule has 0 saturated heterocycles. The number of nitrogens with two attached hydrogens (primary N) is 1. The van der Waals surface area contributed by atoms with Gasteiger partial charge in [0.1, 0.15) is 11.3 Å². The van der Waals surface area contributed by atoms with Crippen molar-refractivity contribution in [3.63, 3.8) is 0 Å². The van der Waals surface area contributed by atoms with E-state index in [-0.39, 0.29) is 5.82 Å². The average Bonchev–Trinajstić information content (AvgIpc) is 2.75. The van der Waals surface area contributed by atoms with E-state index in [0.29, 0.717) is 11.3 Å². The van der Waals surface area contributed by atoms with Gasteiger partial charge < -0.3 is 5.73 Å². The highest BCUT2D eigenvalue weighted by Crippen LogP contribution is 2.26. The van der Waals surface area contributed by atoms with Crippen LogP contribution in [0.2, 0.25) is 0 Å². The first kappa shape index (κ1) is 12.4. The summed E-state index contributed by atoms with van der Waals surface area (Å²) in [6.07, 6.45) is 2.65. The molecule has 0 spiro atoms. The van der Waals surface area contributed by atoms with Crippen LogP contribution in [0.5, 0.6) is 0 Å². The first-order valence-electron chi connectivity index (χ1n) is 6.40. The number of pyridine rings is 1. The highest BCUT2D eigenvalue weighted by Gasteiger charge is 2.10. The van der Waals surface area contributed by atoms with Crippen LogP contribution in [0.15, 0.2) is 36.5 Å². The second-order valence-corrected chi connectivity index (χ2v) is 4.96. The SMILES string of the molecule is Cc1ccc(C)c(-c2ccc3nc(N)c(C=O)n3c2)c1. The third kappa shape index (κ3) is 1.86. The molecule has 0 bridgehead atoms. The number of carbonyl (C=O) groups is 1. The molecule has 4 nitrogen and oxygen atoms in total. The summed E-state index contributed by atoms with van der Waals surface area (Å²) >= 11 is 0. The fourth-order valence-electron chi connectivity index (χ4n) is 2.40. The highest BCUT2D eigenvalue weighted by atomic mass is 16.1. The first-order valence-corrected chi connectivity index (χ1v) is 6.40. The van der Waals surface area contributed by atoms with E-state index in [0.717, 1.165) is 17.4 Å². The Bertz CT molecular complexity index is 818. The second kappa shape index (κ2) is 4.49. The number of benzene rings is 1. The zero-order valence-electron chi connectivity index (χ0n) is 11.4. The van der Waals surface area contributed by atoms with E-state index in [9.17, 15) is 4.79 Å². The molecule has 4 heteroatoms. The molecule has 0 unspecified atom stereocenters. The van der Waals surface area contributed by atoms with Gasteiger partial charge in [-0.05, 0) is 42.7 Å². The number of hydrogen-bond donors (Lipinski definition) is 1. The van der Waals surface area contributed by atoms with Crippen LogP contribution in [0.1, 0.15) is 21.6 Å². The Morgan fingerprint density at radius 3 is 2.75 bits per heavy atom. The van der Waals surface area contributed by atoms with Gasteiger partial charge in [-0.15, -0.1) is 0 Å². The molecule has 100 valence electrons. The number of aromatic nitrogens is 2. The smallest absolute Gasteiger partial charge is 0.170 e. The van der Waals surface area contributed by atoms with Crippen molar-refractivity contribution in [2.45, 2.75) is 13.8 Å². The number of aldehydes is 1. The molecule has 2 aromatic heterocycles. The minimum atomic E-state index is 0.262. The Hall–Kier alpha value is -2.62. The number of carbonyl (C=O) groups excluding carboxylic acids is 1. The third-order valence-electron chi connectivity index (χ3n) is 3.50. The number of fused-ring (bicyclic) bond motifs is 1. The van der Waals surface area contributed by atoms with E-state index in [4.69, 9.17) is 5.73 Å². The van der Waals surface area contributed by atoms with Gasteiger partial charge in [0, 0.05) is 6.20 Å². The largest absolute Gasteiger partial charge is 0.382 e. The van der Waals surface area contributed by atoms with Gasteiger partial charge in [0.05, 0.1) is 0 Å². The van der Waals surface area contributed by atoms with Gasteiger partial charge in [0.2, 0.25) is 0 Å². The van der Waals surface area contributed by atoms with Gasteiger partial charge >= 0.3 is 0 Å². The van der Waals surface area contributed by atoms with Crippen molar-refractivity contribution >= 4 is 17.8 Å². The van der Waals surface area contributed by atoms with Crippen LogP contribution in [0.4, 0.5) is 5.82 Å². The minimum absolute atomic E-state index is 0.262. The summed E-state index contributed by atoms with van der Waals surface area (Å²) < 4.78 is 1.74. The van der Waals surface area contributed by atoms with Gasteiger partial charge in [-0.25, -0.2) is 4.98 Å². The molecule has 3 rings (SSSR count). The van der Waals surface area contributed by atoms with Crippen LogP contribution in [-0.2, 0) is 0 Å². The maximum Gasteiger partial charge on any atom is 0.170 e. The molecular weight excluding hydrogens is 250 g/mol. The predicted molar refractivity (Wildman–Crippen MR) is 79.9 cm³/mol.